The van der Waals surface area contributed by atoms with Crippen molar-refractivity contribution >= 4 is 9.92 Å². The van der Waals surface area contributed by atoms with E-state index in [2.05, 4.69) is 0 Å². The Hall–Kier alpha value is -0.0900. The summed E-state index contributed by atoms with van der Waals surface area (Å²) in [6.45, 7) is 0. The molecular weight excluding hydrogens is 112 g/mol. The van der Waals surface area contributed by atoms with E-state index < -0.39 is 9.92 Å². The predicted octanol–water partition coefficient (Wildman–Crippen LogP) is 0.140. The summed E-state index contributed by atoms with van der Waals surface area (Å²) in [7, 11) is 0.833. The second-order valence-corrected chi connectivity index (χ2v) is 3.95. The number of rotatable bonds is 1. The minimum Gasteiger partial charge on any atom is -0.240 e. The molecule has 3 nitrogen and oxygen atoms in total. The lowest BCUT2D eigenvalue weighted by Gasteiger charge is -2.06. The summed E-state index contributed by atoms with van der Waals surface area (Å²) in [5.74, 6) is 0. The molecule has 44 valence electrons. The maximum Gasteiger partial charge on any atom is 0.104 e. The van der Waals surface area contributed by atoms with Crippen molar-refractivity contribution in [2.24, 2.45) is 0 Å². The smallest absolute Gasteiger partial charge is 0.104 e. The van der Waals surface area contributed by atoms with Crippen LogP contribution in [0.25, 0.3) is 0 Å². The van der Waals surface area contributed by atoms with Crippen LogP contribution in [0.2, 0.25) is 0 Å². The molecular formula is C3H10N2OS. The summed E-state index contributed by atoms with van der Waals surface area (Å²) in [6.07, 6.45) is 1.38. The fourth-order valence-electron chi connectivity index (χ4n) is 0. The zero-order valence-electron chi connectivity index (χ0n) is 4.76. The normalized spacial score (nSPS) is 19.4. The molecule has 0 bridgehead atoms. The number of hydrogen-bond donors (Lipinski definition) is 1. The van der Waals surface area contributed by atoms with E-state index >= 15 is 0 Å². The van der Waals surface area contributed by atoms with Crippen LogP contribution in [0.15, 0.2) is 0 Å². The van der Waals surface area contributed by atoms with Crippen LogP contribution in [0.5, 0.6) is 0 Å². The molecule has 0 spiro atoms. The SMILES string of the molecule is CN(C)[S@@](C)(=N)=O. The Morgan fingerprint density at radius 3 is 1.71 bits per heavy atom. The van der Waals surface area contributed by atoms with Gasteiger partial charge in [-0.25, -0.2) is 13.3 Å². The molecule has 0 rings (SSSR count). The van der Waals surface area contributed by atoms with Gasteiger partial charge in [-0.3, -0.25) is 0 Å². The Bertz CT molecular complexity index is 135. The van der Waals surface area contributed by atoms with Gasteiger partial charge in [0.05, 0.1) is 0 Å². The third-order valence-electron chi connectivity index (χ3n) is 0.697. The van der Waals surface area contributed by atoms with Crippen molar-refractivity contribution in [2.75, 3.05) is 20.4 Å². The molecule has 0 saturated heterocycles. The first-order valence-corrected chi connectivity index (χ1v) is 3.78. The van der Waals surface area contributed by atoms with Crippen LogP contribution in [0, 0.1) is 4.78 Å². The van der Waals surface area contributed by atoms with Crippen molar-refractivity contribution in [3.05, 3.63) is 0 Å². The van der Waals surface area contributed by atoms with Gasteiger partial charge in [0.15, 0.2) is 0 Å². The molecule has 0 aromatic rings. The van der Waals surface area contributed by atoms with Crippen LogP contribution in [-0.2, 0) is 9.92 Å². The van der Waals surface area contributed by atoms with Gasteiger partial charge in [-0.2, -0.15) is 0 Å². The van der Waals surface area contributed by atoms with Gasteiger partial charge in [0.25, 0.3) is 0 Å². The molecule has 0 aromatic carbocycles. The Balaban J connectivity index is 4.10. The van der Waals surface area contributed by atoms with Crippen molar-refractivity contribution in [3.63, 3.8) is 0 Å². The lowest BCUT2D eigenvalue weighted by molar-refractivity contribution is 0.595. The molecule has 1 atom stereocenters. The van der Waals surface area contributed by atoms with Crippen molar-refractivity contribution in [1.82, 2.24) is 4.31 Å². The minimum atomic E-state index is -2.41. The molecule has 0 aromatic heterocycles. The number of hydrogen-bond acceptors (Lipinski definition) is 2. The molecule has 0 radical (unpaired) electrons. The number of nitrogens with zero attached hydrogens (tertiary/aromatic N) is 1. The summed E-state index contributed by atoms with van der Waals surface area (Å²) in [4.78, 5) is 0. The van der Waals surface area contributed by atoms with E-state index in [0.29, 0.717) is 0 Å². The van der Waals surface area contributed by atoms with Crippen molar-refractivity contribution in [2.45, 2.75) is 0 Å². The first-order chi connectivity index (χ1) is 2.94. The quantitative estimate of drug-likeness (QED) is 0.528. The molecule has 0 aliphatic rings. The third kappa shape index (κ3) is 2.59. The topological polar surface area (TPSA) is 44.2 Å². The fourth-order valence-corrected chi connectivity index (χ4v) is 0. The molecule has 1 N–H and O–H groups in total. The molecule has 7 heavy (non-hydrogen) atoms. The van der Waals surface area contributed by atoms with E-state index in [1.54, 1.807) is 14.1 Å². The van der Waals surface area contributed by atoms with Gasteiger partial charge in [0.1, 0.15) is 9.92 Å². The largest absolute Gasteiger partial charge is 0.240 e. The summed E-state index contributed by atoms with van der Waals surface area (Å²) in [5, 5.41) is 0. The van der Waals surface area contributed by atoms with Gasteiger partial charge in [0, 0.05) is 20.4 Å². The van der Waals surface area contributed by atoms with Gasteiger partial charge < -0.3 is 0 Å². The second kappa shape index (κ2) is 1.79. The first kappa shape index (κ1) is 6.91. The van der Waals surface area contributed by atoms with E-state index in [9.17, 15) is 4.21 Å². The Morgan fingerprint density at radius 1 is 1.57 bits per heavy atom. The lowest BCUT2D eigenvalue weighted by atomic mass is 11.3. The van der Waals surface area contributed by atoms with Crippen molar-refractivity contribution < 1.29 is 4.21 Å². The van der Waals surface area contributed by atoms with Gasteiger partial charge in [-0.1, -0.05) is 0 Å². The minimum absolute atomic E-state index is 1.38. The number of nitrogens with one attached hydrogen (secondary N) is 1. The van der Waals surface area contributed by atoms with E-state index in [-0.39, 0.29) is 0 Å². The highest BCUT2D eigenvalue weighted by molar-refractivity contribution is 7.89. The molecule has 0 saturated carbocycles. The highest BCUT2D eigenvalue weighted by Gasteiger charge is 1.95. The zero-order chi connectivity index (χ0) is 6.08. The Labute approximate surface area is 44.4 Å². The molecule has 0 unspecified atom stereocenters. The summed E-state index contributed by atoms with van der Waals surface area (Å²) in [6, 6.07) is 0. The predicted molar refractivity (Wildman–Crippen MR) is 30.5 cm³/mol. The van der Waals surface area contributed by atoms with Crippen molar-refractivity contribution in [3.8, 4) is 0 Å². The van der Waals surface area contributed by atoms with Crippen LogP contribution in [0.3, 0.4) is 0 Å². The highest BCUT2D eigenvalue weighted by Crippen LogP contribution is 1.85. The summed E-state index contributed by atoms with van der Waals surface area (Å²) in [5.41, 5.74) is 0. The van der Waals surface area contributed by atoms with Crippen LogP contribution in [0.4, 0.5) is 0 Å². The van der Waals surface area contributed by atoms with E-state index in [0.717, 1.165) is 0 Å². The van der Waals surface area contributed by atoms with Crippen LogP contribution in [0.1, 0.15) is 0 Å². The third-order valence-corrected chi connectivity index (χ3v) is 2.09. The highest BCUT2D eigenvalue weighted by atomic mass is 32.2. The summed E-state index contributed by atoms with van der Waals surface area (Å²) < 4.78 is 18.7. The van der Waals surface area contributed by atoms with Gasteiger partial charge in [0.2, 0.25) is 0 Å². The fraction of sp³-hybridized carbons (Fsp3) is 1.00. The summed E-state index contributed by atoms with van der Waals surface area (Å²) >= 11 is 0. The Morgan fingerprint density at radius 2 is 1.71 bits per heavy atom. The van der Waals surface area contributed by atoms with Crippen LogP contribution >= 0.6 is 0 Å². The maximum atomic E-state index is 10.5. The monoisotopic (exact) mass is 122 g/mol. The van der Waals surface area contributed by atoms with Gasteiger partial charge >= 0.3 is 0 Å². The second-order valence-electron chi connectivity index (χ2n) is 1.61. The lowest BCUT2D eigenvalue weighted by Crippen LogP contribution is -2.18. The molecule has 0 amide bonds. The standard InChI is InChI=1S/C3H10N2OS/c1-5(2)7(3,4)6/h4H,1-3H3/t7-/m1/s1. The zero-order valence-corrected chi connectivity index (χ0v) is 5.58. The molecule has 0 fully saturated rings. The molecule has 0 heterocycles. The first-order valence-electron chi connectivity index (χ1n) is 1.86. The van der Waals surface area contributed by atoms with Gasteiger partial charge in [-0.15, -0.1) is 0 Å². The average molecular weight is 122 g/mol. The van der Waals surface area contributed by atoms with Crippen LogP contribution < -0.4 is 0 Å². The van der Waals surface area contributed by atoms with E-state index in [1.807, 2.05) is 0 Å². The molecule has 0 aliphatic carbocycles. The van der Waals surface area contributed by atoms with Crippen LogP contribution in [-0.4, -0.2) is 28.9 Å². The van der Waals surface area contributed by atoms with E-state index in [1.165, 1.54) is 10.6 Å². The maximum absolute atomic E-state index is 10.5. The van der Waals surface area contributed by atoms with E-state index in [4.69, 9.17) is 4.78 Å². The average Bonchev–Trinajstić information content (AvgIpc) is 1.31. The van der Waals surface area contributed by atoms with Crippen molar-refractivity contribution in [1.29, 1.82) is 4.78 Å². The van der Waals surface area contributed by atoms with Gasteiger partial charge in [-0.05, 0) is 0 Å². The molecule has 0 aliphatic heterocycles. The Kier molecular flexibility index (Phi) is 1.77. The molecule has 4 heteroatoms.